The van der Waals surface area contributed by atoms with Gasteiger partial charge in [-0.2, -0.15) is 0 Å². The summed E-state index contributed by atoms with van der Waals surface area (Å²) in [5, 5.41) is 49.2. The van der Waals surface area contributed by atoms with Gasteiger partial charge in [0.2, 0.25) is 0 Å². The van der Waals surface area contributed by atoms with Crippen molar-refractivity contribution < 1.29 is 44.7 Å². The predicted octanol–water partition coefficient (Wildman–Crippen LogP) is 4.16. The van der Waals surface area contributed by atoms with Gasteiger partial charge in [-0.05, 0) is 63.5 Å². The molecule has 164 valence electrons. The predicted molar refractivity (Wildman–Crippen MR) is 116 cm³/mol. The van der Waals surface area contributed by atoms with Crippen molar-refractivity contribution in [3.63, 3.8) is 0 Å². The van der Waals surface area contributed by atoms with E-state index in [1.807, 2.05) is 0 Å². The highest BCUT2D eigenvalue weighted by molar-refractivity contribution is 6.17. The number of phenols is 1. The van der Waals surface area contributed by atoms with Crippen molar-refractivity contribution in [2.75, 3.05) is 0 Å². The zero-order valence-electron chi connectivity index (χ0n) is 16.6. The number of phenolic OH excluding ortho intramolecular Hbond substituents is 1. The maximum atomic E-state index is 11.7. The third kappa shape index (κ3) is 3.47. The monoisotopic (exact) mass is 446 g/mol. The number of hydrogen-bond acceptors (Lipinski definition) is 5. The first kappa shape index (κ1) is 21.3. The molecule has 0 amide bonds. The van der Waals surface area contributed by atoms with Gasteiger partial charge in [-0.3, -0.25) is 0 Å². The number of fused-ring (bicyclic) bond motifs is 2. The lowest BCUT2D eigenvalue weighted by molar-refractivity contribution is 0.0685. The molecule has 9 heteroatoms. The summed E-state index contributed by atoms with van der Waals surface area (Å²) in [7, 11) is 0. The average molecular weight is 446 g/mol. The second-order valence-corrected chi connectivity index (χ2v) is 7.22. The molecule has 0 spiro atoms. The van der Waals surface area contributed by atoms with Crippen molar-refractivity contribution in [2.45, 2.75) is 0 Å². The smallest absolute Gasteiger partial charge is 0.336 e. The van der Waals surface area contributed by atoms with Crippen LogP contribution in [-0.2, 0) is 0 Å². The minimum atomic E-state index is -1.37. The molecule has 0 atom stereocenters. The fraction of sp³-hybridized carbons (Fsp3) is 0. The van der Waals surface area contributed by atoms with Crippen LogP contribution in [0.15, 0.2) is 54.6 Å². The molecule has 9 nitrogen and oxygen atoms in total. The summed E-state index contributed by atoms with van der Waals surface area (Å²) in [5.41, 5.74) is -0.293. The van der Waals surface area contributed by atoms with Crippen LogP contribution in [0.3, 0.4) is 0 Å². The molecule has 0 saturated carbocycles. The lowest BCUT2D eigenvalue weighted by atomic mass is 9.88. The second kappa shape index (κ2) is 7.65. The van der Waals surface area contributed by atoms with E-state index in [2.05, 4.69) is 0 Å². The Kier molecular flexibility index (Phi) is 4.94. The molecule has 0 aromatic heterocycles. The van der Waals surface area contributed by atoms with E-state index >= 15 is 0 Å². The molecule has 0 aliphatic rings. The molecule has 33 heavy (non-hydrogen) atoms. The van der Waals surface area contributed by atoms with Crippen LogP contribution in [0.5, 0.6) is 5.75 Å². The molecule has 0 aliphatic carbocycles. The van der Waals surface area contributed by atoms with E-state index in [0.717, 1.165) is 6.07 Å². The molecule has 0 saturated heterocycles. The Morgan fingerprint density at radius 1 is 0.515 bits per heavy atom. The van der Waals surface area contributed by atoms with Gasteiger partial charge in [0, 0.05) is 5.56 Å². The van der Waals surface area contributed by atoms with Gasteiger partial charge in [-0.1, -0.05) is 18.2 Å². The number of benzene rings is 4. The van der Waals surface area contributed by atoms with Crippen molar-refractivity contribution >= 4 is 45.4 Å². The van der Waals surface area contributed by atoms with Crippen LogP contribution in [0, 0.1) is 0 Å². The Labute approximate surface area is 184 Å². The topological polar surface area (TPSA) is 169 Å². The summed E-state index contributed by atoms with van der Waals surface area (Å²) in [6.45, 7) is 0. The molecule has 5 N–H and O–H groups in total. The number of hydrogen-bond donors (Lipinski definition) is 5. The zero-order chi connectivity index (χ0) is 24.0. The van der Waals surface area contributed by atoms with Gasteiger partial charge in [0.25, 0.3) is 0 Å². The van der Waals surface area contributed by atoms with Crippen molar-refractivity contribution in [2.24, 2.45) is 0 Å². The van der Waals surface area contributed by atoms with Gasteiger partial charge in [0.1, 0.15) is 5.75 Å². The Morgan fingerprint density at radius 3 is 1.55 bits per heavy atom. The molecule has 0 heterocycles. The third-order valence-corrected chi connectivity index (χ3v) is 5.36. The highest BCUT2D eigenvalue weighted by Crippen LogP contribution is 2.42. The molecule has 4 rings (SSSR count). The first-order chi connectivity index (χ1) is 15.6. The van der Waals surface area contributed by atoms with Crippen molar-refractivity contribution in [3.05, 3.63) is 76.9 Å². The highest BCUT2D eigenvalue weighted by Gasteiger charge is 2.22. The van der Waals surface area contributed by atoms with Gasteiger partial charge < -0.3 is 25.5 Å². The first-order valence-electron chi connectivity index (χ1n) is 9.40. The van der Waals surface area contributed by atoms with Crippen LogP contribution in [0.2, 0.25) is 0 Å². The Bertz CT molecular complexity index is 1530. The molecule has 0 aliphatic heterocycles. The van der Waals surface area contributed by atoms with Crippen LogP contribution in [0.1, 0.15) is 41.4 Å². The lowest BCUT2D eigenvalue weighted by Crippen LogP contribution is -2.03. The fourth-order valence-corrected chi connectivity index (χ4v) is 3.89. The van der Waals surface area contributed by atoms with Crippen LogP contribution in [0.4, 0.5) is 0 Å². The van der Waals surface area contributed by atoms with E-state index in [1.165, 1.54) is 48.5 Å². The quantitative estimate of drug-likeness (QED) is 0.302. The molecule has 0 fully saturated rings. The standard InChI is InChI=1S/C24H14O9/c25-19-9-18(24(32)33)17-8-11(22(28)29)2-4-14(17)20(19)13-5-6-15(23(30)31)16-7-10(21(26)27)1-3-12(13)16/h1-9,25H,(H,26,27)(H,28,29)(H,30,31)(H,32,33). The summed E-state index contributed by atoms with van der Waals surface area (Å²) in [6.07, 6.45) is 0. The number of carboxylic acids is 4. The fourth-order valence-electron chi connectivity index (χ4n) is 3.89. The van der Waals surface area contributed by atoms with Crippen molar-refractivity contribution in [1.29, 1.82) is 0 Å². The lowest BCUT2D eigenvalue weighted by Gasteiger charge is -2.16. The van der Waals surface area contributed by atoms with E-state index in [-0.39, 0.29) is 44.0 Å². The number of aromatic carboxylic acids is 4. The normalized spacial score (nSPS) is 10.9. The van der Waals surface area contributed by atoms with Crippen LogP contribution < -0.4 is 0 Å². The number of rotatable bonds is 5. The molecule has 0 radical (unpaired) electrons. The molecular weight excluding hydrogens is 432 g/mol. The van der Waals surface area contributed by atoms with E-state index in [9.17, 15) is 44.7 Å². The van der Waals surface area contributed by atoms with Crippen LogP contribution in [-0.4, -0.2) is 49.4 Å². The van der Waals surface area contributed by atoms with Crippen molar-refractivity contribution in [3.8, 4) is 16.9 Å². The molecule has 0 unspecified atom stereocenters. The minimum Gasteiger partial charge on any atom is -0.507 e. The van der Waals surface area contributed by atoms with E-state index in [4.69, 9.17) is 0 Å². The zero-order valence-corrected chi connectivity index (χ0v) is 16.6. The molecule has 4 aromatic carbocycles. The average Bonchev–Trinajstić information content (AvgIpc) is 2.77. The molecular formula is C24H14O9. The summed E-state index contributed by atoms with van der Waals surface area (Å²) in [6, 6.07) is 11.4. The Balaban J connectivity index is 2.15. The van der Waals surface area contributed by atoms with Gasteiger partial charge in [-0.25, -0.2) is 19.2 Å². The maximum absolute atomic E-state index is 11.7. The van der Waals surface area contributed by atoms with Gasteiger partial charge in [-0.15, -0.1) is 0 Å². The van der Waals surface area contributed by atoms with Gasteiger partial charge in [0.15, 0.2) is 0 Å². The highest BCUT2D eigenvalue weighted by atomic mass is 16.4. The van der Waals surface area contributed by atoms with Crippen LogP contribution >= 0.6 is 0 Å². The Morgan fingerprint density at radius 2 is 1.03 bits per heavy atom. The third-order valence-electron chi connectivity index (χ3n) is 5.36. The number of aromatic hydroxyl groups is 1. The van der Waals surface area contributed by atoms with Crippen molar-refractivity contribution in [1.82, 2.24) is 0 Å². The first-order valence-corrected chi connectivity index (χ1v) is 9.40. The van der Waals surface area contributed by atoms with E-state index < -0.39 is 29.6 Å². The number of carboxylic acid groups (broad SMARTS) is 4. The van der Waals surface area contributed by atoms with E-state index in [1.54, 1.807) is 0 Å². The molecule has 0 bridgehead atoms. The number of carbonyl (C=O) groups is 4. The second-order valence-electron chi connectivity index (χ2n) is 7.22. The largest absolute Gasteiger partial charge is 0.507 e. The van der Waals surface area contributed by atoms with Gasteiger partial charge >= 0.3 is 23.9 Å². The summed E-state index contributed by atoms with van der Waals surface area (Å²) in [4.78, 5) is 46.3. The summed E-state index contributed by atoms with van der Waals surface area (Å²) >= 11 is 0. The molecule has 4 aromatic rings. The summed E-state index contributed by atoms with van der Waals surface area (Å²) in [5.74, 6) is -5.59. The maximum Gasteiger partial charge on any atom is 0.336 e. The summed E-state index contributed by atoms with van der Waals surface area (Å²) < 4.78 is 0. The SMILES string of the molecule is O=C(O)c1ccc2c(-c3c(O)cc(C(=O)O)c4cc(C(=O)O)ccc34)ccc(C(=O)O)c2c1. The van der Waals surface area contributed by atoms with Gasteiger partial charge in [0.05, 0.1) is 22.3 Å². The van der Waals surface area contributed by atoms with E-state index in [0.29, 0.717) is 10.9 Å². The van der Waals surface area contributed by atoms with Crippen LogP contribution in [0.25, 0.3) is 32.7 Å². The minimum absolute atomic E-state index is 0.0628. The Hall–Kier alpha value is -4.92.